The van der Waals surface area contributed by atoms with Crippen molar-refractivity contribution in [2.24, 2.45) is 0 Å². The number of carbonyl (C=O) groups excluding carboxylic acids is 3. The molecule has 1 unspecified atom stereocenters. The van der Waals surface area contributed by atoms with Gasteiger partial charge in [-0.25, -0.2) is 0 Å². The van der Waals surface area contributed by atoms with E-state index in [1.165, 1.54) is 64.2 Å². The zero-order valence-corrected chi connectivity index (χ0v) is 33.1. The third-order valence-electron chi connectivity index (χ3n) is 8.53. The molecular weight excluding hydrogens is 636 g/mol. The van der Waals surface area contributed by atoms with E-state index in [0.29, 0.717) is 12.8 Å². The minimum Gasteiger partial charge on any atom is -0.462 e. The first-order chi connectivity index (χ1) is 25.0. The molecule has 0 fully saturated rings. The van der Waals surface area contributed by atoms with E-state index in [9.17, 15) is 14.4 Å². The summed E-state index contributed by atoms with van der Waals surface area (Å²) in [6.07, 6.45) is 46.4. The molecule has 0 N–H and O–H groups in total. The number of unbranched alkanes of at least 4 members (excludes halogenated alkanes) is 16. The van der Waals surface area contributed by atoms with Crippen LogP contribution in [0.1, 0.15) is 188 Å². The van der Waals surface area contributed by atoms with E-state index in [-0.39, 0.29) is 44.0 Å². The number of hydrogen-bond acceptors (Lipinski definition) is 6. The number of hydrogen-bond donors (Lipinski definition) is 0. The molecule has 0 aromatic rings. The topological polar surface area (TPSA) is 78.9 Å². The summed E-state index contributed by atoms with van der Waals surface area (Å²) in [6, 6.07) is 0. The van der Waals surface area contributed by atoms with Crippen LogP contribution in [0.5, 0.6) is 0 Å². The Morgan fingerprint density at radius 1 is 0.431 bits per heavy atom. The molecule has 0 radical (unpaired) electrons. The summed E-state index contributed by atoms with van der Waals surface area (Å²) >= 11 is 0. The summed E-state index contributed by atoms with van der Waals surface area (Å²) in [7, 11) is 0. The van der Waals surface area contributed by atoms with Gasteiger partial charge in [0.2, 0.25) is 0 Å². The Morgan fingerprint density at radius 2 is 0.863 bits per heavy atom. The standard InChI is InChI=1S/C45H76O6/c1-4-7-10-13-16-19-22-25-28-31-34-37-43(46)49-40-42(51-45(48)39-36-33-30-27-24-21-18-15-12-9-6-3)41-50-44(47)38-35-32-29-26-23-20-17-14-11-8-5-2/h7,10,15-16,18-19,21,24-25,28,42H,4-6,8-9,11-14,17,20,22-23,26-27,29-41H2,1-3H3/b10-7-,18-15-,19-16-,24-21-,28-25-. The second-order valence-electron chi connectivity index (χ2n) is 13.5. The van der Waals surface area contributed by atoms with Crippen LogP contribution in [0, 0.1) is 0 Å². The second kappa shape index (κ2) is 39.9. The number of rotatable bonds is 36. The molecule has 0 aromatic carbocycles. The van der Waals surface area contributed by atoms with Gasteiger partial charge in [0.05, 0.1) is 0 Å². The van der Waals surface area contributed by atoms with Gasteiger partial charge < -0.3 is 14.2 Å². The molecule has 0 saturated heterocycles. The zero-order chi connectivity index (χ0) is 37.3. The summed E-state index contributed by atoms with van der Waals surface area (Å²) in [5, 5.41) is 0. The minimum atomic E-state index is -0.802. The highest BCUT2D eigenvalue weighted by Gasteiger charge is 2.19. The van der Waals surface area contributed by atoms with Crippen molar-refractivity contribution in [2.45, 2.75) is 194 Å². The molecule has 0 bridgehead atoms. The molecule has 0 rings (SSSR count). The lowest BCUT2D eigenvalue weighted by molar-refractivity contribution is -0.167. The van der Waals surface area contributed by atoms with Crippen molar-refractivity contribution in [2.75, 3.05) is 13.2 Å². The lowest BCUT2D eigenvalue weighted by Gasteiger charge is -2.18. The van der Waals surface area contributed by atoms with Gasteiger partial charge in [0.1, 0.15) is 13.2 Å². The van der Waals surface area contributed by atoms with E-state index in [1.807, 2.05) is 0 Å². The predicted octanol–water partition coefficient (Wildman–Crippen LogP) is 13.0. The van der Waals surface area contributed by atoms with E-state index in [4.69, 9.17) is 14.2 Å². The summed E-state index contributed by atoms with van der Waals surface area (Å²) in [4.78, 5) is 37.5. The monoisotopic (exact) mass is 713 g/mol. The Bertz CT molecular complexity index is 960. The van der Waals surface area contributed by atoms with E-state index < -0.39 is 6.10 Å². The lowest BCUT2D eigenvalue weighted by Crippen LogP contribution is -2.30. The molecule has 0 aromatic heterocycles. The van der Waals surface area contributed by atoms with E-state index in [1.54, 1.807) is 0 Å². The van der Waals surface area contributed by atoms with Gasteiger partial charge in [-0.15, -0.1) is 0 Å². The Kier molecular flexibility index (Phi) is 37.6. The summed E-state index contributed by atoms with van der Waals surface area (Å²) in [5.74, 6) is -0.995. The van der Waals surface area contributed by atoms with Crippen molar-refractivity contribution >= 4 is 17.9 Å². The van der Waals surface area contributed by atoms with Gasteiger partial charge in [-0.3, -0.25) is 14.4 Å². The average molecular weight is 713 g/mol. The molecule has 6 heteroatoms. The van der Waals surface area contributed by atoms with Crippen LogP contribution in [0.3, 0.4) is 0 Å². The molecule has 51 heavy (non-hydrogen) atoms. The van der Waals surface area contributed by atoms with Crippen molar-refractivity contribution in [1.29, 1.82) is 0 Å². The van der Waals surface area contributed by atoms with Crippen LogP contribution in [-0.4, -0.2) is 37.2 Å². The first-order valence-corrected chi connectivity index (χ1v) is 20.8. The Labute approximate surface area is 313 Å². The number of allylic oxidation sites excluding steroid dienone is 10. The minimum absolute atomic E-state index is 0.100. The normalized spacial score (nSPS) is 12.6. The molecule has 1 atom stereocenters. The molecule has 0 heterocycles. The van der Waals surface area contributed by atoms with Crippen molar-refractivity contribution in [3.8, 4) is 0 Å². The SMILES string of the molecule is CC/C=C\C/C=C\C/C=C\CCCC(=O)OCC(COC(=O)CCCCCCCCCCCCC)OC(=O)CCCCC/C=C\C=C/CCCC. The zero-order valence-electron chi connectivity index (χ0n) is 33.1. The summed E-state index contributed by atoms with van der Waals surface area (Å²) < 4.78 is 16.6. The first-order valence-electron chi connectivity index (χ1n) is 20.8. The van der Waals surface area contributed by atoms with Gasteiger partial charge in [0, 0.05) is 19.3 Å². The van der Waals surface area contributed by atoms with Crippen LogP contribution in [-0.2, 0) is 28.6 Å². The van der Waals surface area contributed by atoms with Crippen LogP contribution in [0.4, 0.5) is 0 Å². The van der Waals surface area contributed by atoms with Gasteiger partial charge in [-0.1, -0.05) is 165 Å². The third-order valence-corrected chi connectivity index (χ3v) is 8.53. The molecule has 0 aliphatic carbocycles. The van der Waals surface area contributed by atoms with Crippen molar-refractivity contribution in [3.05, 3.63) is 60.8 Å². The van der Waals surface area contributed by atoms with Gasteiger partial charge in [0.25, 0.3) is 0 Å². The van der Waals surface area contributed by atoms with Gasteiger partial charge in [0.15, 0.2) is 6.10 Å². The van der Waals surface area contributed by atoms with Crippen LogP contribution >= 0.6 is 0 Å². The quantitative estimate of drug-likeness (QED) is 0.0211. The third kappa shape index (κ3) is 38.2. The van der Waals surface area contributed by atoms with E-state index in [2.05, 4.69) is 81.5 Å². The maximum atomic E-state index is 12.6. The fourth-order valence-electron chi connectivity index (χ4n) is 5.38. The second-order valence-corrected chi connectivity index (χ2v) is 13.5. The maximum absolute atomic E-state index is 12.6. The largest absolute Gasteiger partial charge is 0.462 e. The lowest BCUT2D eigenvalue weighted by atomic mass is 10.1. The Balaban J connectivity index is 4.49. The van der Waals surface area contributed by atoms with Gasteiger partial charge in [-0.2, -0.15) is 0 Å². The molecule has 6 nitrogen and oxygen atoms in total. The smallest absolute Gasteiger partial charge is 0.306 e. The Morgan fingerprint density at radius 3 is 1.43 bits per heavy atom. The highest BCUT2D eigenvalue weighted by molar-refractivity contribution is 5.71. The van der Waals surface area contributed by atoms with Crippen molar-refractivity contribution in [3.63, 3.8) is 0 Å². The van der Waals surface area contributed by atoms with E-state index in [0.717, 1.165) is 77.0 Å². The molecule has 0 amide bonds. The van der Waals surface area contributed by atoms with Crippen LogP contribution < -0.4 is 0 Å². The van der Waals surface area contributed by atoms with Crippen LogP contribution in [0.15, 0.2) is 60.8 Å². The van der Waals surface area contributed by atoms with Crippen LogP contribution in [0.25, 0.3) is 0 Å². The molecule has 0 spiro atoms. The number of ether oxygens (including phenoxy) is 3. The molecular formula is C45H76O6. The average Bonchev–Trinajstić information content (AvgIpc) is 3.12. The predicted molar refractivity (Wildman–Crippen MR) is 215 cm³/mol. The molecule has 292 valence electrons. The molecule has 0 aliphatic rings. The van der Waals surface area contributed by atoms with Gasteiger partial charge in [-0.05, 0) is 64.2 Å². The van der Waals surface area contributed by atoms with Crippen molar-refractivity contribution in [1.82, 2.24) is 0 Å². The van der Waals surface area contributed by atoms with Gasteiger partial charge >= 0.3 is 17.9 Å². The Hall–Kier alpha value is -2.89. The highest BCUT2D eigenvalue weighted by Crippen LogP contribution is 2.13. The fraction of sp³-hybridized carbons (Fsp3) is 0.711. The van der Waals surface area contributed by atoms with Crippen molar-refractivity contribution < 1.29 is 28.6 Å². The highest BCUT2D eigenvalue weighted by atomic mass is 16.6. The summed E-state index contributed by atoms with van der Waals surface area (Å²) in [5.41, 5.74) is 0. The number of carbonyl (C=O) groups is 3. The van der Waals surface area contributed by atoms with E-state index >= 15 is 0 Å². The first kappa shape index (κ1) is 48.1. The maximum Gasteiger partial charge on any atom is 0.306 e. The molecule has 0 saturated carbocycles. The molecule has 0 aliphatic heterocycles. The van der Waals surface area contributed by atoms with Crippen LogP contribution in [0.2, 0.25) is 0 Å². The fourth-order valence-corrected chi connectivity index (χ4v) is 5.38. The summed E-state index contributed by atoms with van der Waals surface area (Å²) in [6.45, 7) is 6.36. The number of esters is 3.